The van der Waals surface area contributed by atoms with Gasteiger partial charge in [-0.1, -0.05) is 55.8 Å². The van der Waals surface area contributed by atoms with E-state index in [0.29, 0.717) is 30.6 Å². The zero-order valence-electron chi connectivity index (χ0n) is 22.6. The highest BCUT2D eigenvalue weighted by atomic mass is 35.5. The summed E-state index contributed by atoms with van der Waals surface area (Å²) in [4.78, 5) is 26.8. The fourth-order valence-electron chi connectivity index (χ4n) is 5.66. The van der Waals surface area contributed by atoms with Crippen LogP contribution >= 0.6 is 11.6 Å². The van der Waals surface area contributed by atoms with Gasteiger partial charge in [-0.2, -0.15) is 0 Å². The third kappa shape index (κ3) is 9.34. The average molecular weight is 537 g/mol. The van der Waals surface area contributed by atoms with Crippen LogP contribution in [-0.2, 0) is 9.47 Å². The summed E-state index contributed by atoms with van der Waals surface area (Å²) in [6, 6.07) is 8.01. The third-order valence-corrected chi connectivity index (χ3v) is 8.12. The van der Waals surface area contributed by atoms with E-state index in [0.717, 1.165) is 31.4 Å². The predicted octanol–water partition coefficient (Wildman–Crippen LogP) is 5.12. The normalized spacial score (nSPS) is 21.1. The molecule has 0 bridgehead atoms. The summed E-state index contributed by atoms with van der Waals surface area (Å²) >= 11 is 6.30. The number of likely N-dealkylation sites (tertiary alicyclic amines) is 1. The number of likely N-dealkylation sites (N-methyl/N-ethyl adjacent to an activating group) is 1. The lowest BCUT2D eigenvalue weighted by molar-refractivity contribution is -0.00870. The van der Waals surface area contributed by atoms with Gasteiger partial charge >= 0.3 is 12.1 Å². The molecule has 1 saturated carbocycles. The van der Waals surface area contributed by atoms with Crippen molar-refractivity contribution in [1.29, 1.82) is 0 Å². The van der Waals surface area contributed by atoms with Crippen LogP contribution in [0.3, 0.4) is 0 Å². The number of methoxy groups -OCH3 is 1. The molecule has 1 aliphatic carbocycles. The van der Waals surface area contributed by atoms with Crippen molar-refractivity contribution < 1.29 is 19.1 Å². The van der Waals surface area contributed by atoms with Gasteiger partial charge in [-0.25, -0.2) is 9.59 Å². The molecule has 4 atom stereocenters. The van der Waals surface area contributed by atoms with E-state index < -0.39 is 6.09 Å². The number of hydrogen-bond donors (Lipinski definition) is 3. The Labute approximate surface area is 227 Å². The van der Waals surface area contributed by atoms with E-state index >= 15 is 0 Å². The molecule has 0 spiro atoms. The monoisotopic (exact) mass is 536 g/mol. The summed E-state index contributed by atoms with van der Waals surface area (Å²) in [7, 11) is 3.30. The van der Waals surface area contributed by atoms with Gasteiger partial charge in [-0.05, 0) is 56.8 Å². The number of alkyl carbamates (subject to hydrolysis) is 1. The molecule has 1 heterocycles. The molecule has 8 nitrogen and oxygen atoms in total. The number of ether oxygens (including phenoxy) is 2. The van der Waals surface area contributed by atoms with E-state index in [9.17, 15) is 9.59 Å². The zero-order chi connectivity index (χ0) is 26.6. The third-order valence-electron chi connectivity index (χ3n) is 7.88. The van der Waals surface area contributed by atoms with Gasteiger partial charge in [0.05, 0.1) is 19.8 Å². The van der Waals surface area contributed by atoms with Crippen LogP contribution in [0, 0.1) is 11.8 Å². The van der Waals surface area contributed by atoms with E-state index in [2.05, 4.69) is 27.6 Å². The van der Waals surface area contributed by atoms with Crippen molar-refractivity contribution in [2.45, 2.75) is 76.5 Å². The number of carbonyl (C=O) groups excluding carboxylic acids is 2. The van der Waals surface area contributed by atoms with Crippen molar-refractivity contribution in [1.82, 2.24) is 20.9 Å². The van der Waals surface area contributed by atoms with Gasteiger partial charge in [0, 0.05) is 42.7 Å². The summed E-state index contributed by atoms with van der Waals surface area (Å²) in [5, 5.41) is 10.0. The van der Waals surface area contributed by atoms with E-state index in [1.807, 2.05) is 36.2 Å². The molecule has 1 saturated heterocycles. The van der Waals surface area contributed by atoms with E-state index in [-0.39, 0.29) is 30.1 Å². The number of benzene rings is 1. The van der Waals surface area contributed by atoms with Crippen molar-refractivity contribution in [2.24, 2.45) is 11.8 Å². The minimum Gasteiger partial charge on any atom is -0.453 e. The molecule has 2 fully saturated rings. The number of halogens is 1. The first-order valence-electron chi connectivity index (χ1n) is 13.8. The standard InChI is InChI=1S/C28H45ClN4O4/c1-20(30-2)25(17-21-9-5-4-6-10-21)32-27(34)33-15-8-12-23(19-33)26(22-11-7-13-24(29)18-22)37-16-14-31-28(35)36-3/h7,11,13,18,20-21,23,25-26,30H,4-6,8-10,12,14-17,19H2,1-3H3,(H,31,35)(H,32,34)/t20?,23-,25?,26+/m1/s1. The largest absolute Gasteiger partial charge is 0.453 e. The number of rotatable bonds is 11. The van der Waals surface area contributed by atoms with Crippen LogP contribution in [-0.4, -0.2) is 69.5 Å². The van der Waals surface area contributed by atoms with E-state index in [1.54, 1.807) is 0 Å². The lowest BCUT2D eigenvalue weighted by Crippen LogP contribution is -2.54. The second kappa shape index (κ2) is 15.4. The highest BCUT2D eigenvalue weighted by Crippen LogP contribution is 2.34. The molecule has 2 unspecified atom stereocenters. The summed E-state index contributed by atoms with van der Waals surface area (Å²) in [6.45, 7) is 4.16. The molecule has 3 N–H and O–H groups in total. The van der Waals surface area contributed by atoms with Crippen molar-refractivity contribution in [3.63, 3.8) is 0 Å². The van der Waals surface area contributed by atoms with Gasteiger partial charge in [0.1, 0.15) is 0 Å². The number of carbonyl (C=O) groups is 2. The molecular weight excluding hydrogens is 492 g/mol. The Morgan fingerprint density at radius 2 is 1.95 bits per heavy atom. The quantitative estimate of drug-likeness (QED) is 0.341. The van der Waals surface area contributed by atoms with Crippen LogP contribution in [0.4, 0.5) is 9.59 Å². The maximum absolute atomic E-state index is 13.5. The molecule has 1 aliphatic heterocycles. The Hall–Kier alpha value is -2.03. The Bertz CT molecular complexity index is 851. The van der Waals surface area contributed by atoms with Crippen molar-refractivity contribution >= 4 is 23.7 Å². The Morgan fingerprint density at radius 3 is 2.65 bits per heavy atom. The molecule has 9 heteroatoms. The van der Waals surface area contributed by atoms with Crippen LogP contribution in [0.1, 0.15) is 70.0 Å². The predicted molar refractivity (Wildman–Crippen MR) is 147 cm³/mol. The maximum Gasteiger partial charge on any atom is 0.406 e. The highest BCUT2D eigenvalue weighted by Gasteiger charge is 2.33. The Balaban J connectivity index is 1.65. The number of nitrogens with one attached hydrogen (secondary N) is 3. The molecule has 0 radical (unpaired) electrons. The minimum atomic E-state index is -0.484. The molecular formula is C28H45ClN4O4. The van der Waals surface area contributed by atoms with Gasteiger partial charge in [-0.3, -0.25) is 0 Å². The lowest BCUT2D eigenvalue weighted by atomic mass is 9.83. The van der Waals surface area contributed by atoms with Crippen molar-refractivity contribution in [3.05, 3.63) is 34.9 Å². The van der Waals surface area contributed by atoms with Crippen LogP contribution in [0.15, 0.2) is 24.3 Å². The highest BCUT2D eigenvalue weighted by molar-refractivity contribution is 6.30. The molecule has 37 heavy (non-hydrogen) atoms. The number of hydrogen-bond acceptors (Lipinski definition) is 5. The first-order valence-corrected chi connectivity index (χ1v) is 14.2. The fourth-order valence-corrected chi connectivity index (χ4v) is 5.86. The number of nitrogens with zero attached hydrogens (tertiary/aromatic N) is 1. The van der Waals surface area contributed by atoms with Crippen LogP contribution in [0.2, 0.25) is 5.02 Å². The number of urea groups is 1. The van der Waals surface area contributed by atoms with Gasteiger partial charge in [0.2, 0.25) is 0 Å². The topological polar surface area (TPSA) is 91.9 Å². The second-order valence-electron chi connectivity index (χ2n) is 10.5. The summed E-state index contributed by atoms with van der Waals surface area (Å²) in [6.07, 6.45) is 8.62. The average Bonchev–Trinajstić information content (AvgIpc) is 2.92. The first kappa shape index (κ1) is 29.5. The van der Waals surface area contributed by atoms with Gasteiger partial charge in [0.25, 0.3) is 0 Å². The SMILES string of the molecule is CNC(C)C(CC1CCCCC1)NC(=O)N1CCC[C@@H]([C@@H](OCCNC(=O)OC)c2cccc(Cl)c2)C1. The lowest BCUT2D eigenvalue weighted by Gasteiger charge is -2.38. The summed E-state index contributed by atoms with van der Waals surface area (Å²) < 4.78 is 10.9. The number of piperidine rings is 1. The number of amides is 3. The maximum atomic E-state index is 13.5. The zero-order valence-corrected chi connectivity index (χ0v) is 23.4. The Kier molecular flexibility index (Phi) is 12.3. The summed E-state index contributed by atoms with van der Waals surface area (Å²) in [5.41, 5.74) is 0.983. The molecule has 0 aromatic heterocycles. The van der Waals surface area contributed by atoms with Crippen LogP contribution < -0.4 is 16.0 Å². The first-order chi connectivity index (χ1) is 17.9. The molecule has 3 rings (SSSR count). The molecule has 1 aromatic carbocycles. The molecule has 208 valence electrons. The van der Waals surface area contributed by atoms with Gasteiger partial charge < -0.3 is 30.3 Å². The minimum absolute atomic E-state index is 0.00446. The van der Waals surface area contributed by atoms with Crippen molar-refractivity contribution in [3.8, 4) is 0 Å². The van der Waals surface area contributed by atoms with Crippen molar-refractivity contribution in [2.75, 3.05) is 40.4 Å². The Morgan fingerprint density at radius 1 is 1.16 bits per heavy atom. The second-order valence-corrected chi connectivity index (χ2v) is 10.9. The molecule has 1 aromatic rings. The van der Waals surface area contributed by atoms with E-state index in [4.69, 9.17) is 16.3 Å². The van der Waals surface area contributed by atoms with Gasteiger partial charge in [-0.15, -0.1) is 0 Å². The smallest absolute Gasteiger partial charge is 0.406 e. The van der Waals surface area contributed by atoms with E-state index in [1.165, 1.54) is 39.2 Å². The van der Waals surface area contributed by atoms with Gasteiger partial charge in [0.15, 0.2) is 0 Å². The molecule has 3 amide bonds. The fraction of sp³-hybridized carbons (Fsp3) is 0.714. The van der Waals surface area contributed by atoms with Crippen LogP contribution in [0.5, 0.6) is 0 Å². The molecule has 2 aliphatic rings. The summed E-state index contributed by atoms with van der Waals surface area (Å²) in [5.74, 6) is 0.803. The van der Waals surface area contributed by atoms with Crippen LogP contribution in [0.25, 0.3) is 0 Å².